The van der Waals surface area contributed by atoms with Gasteiger partial charge in [-0.15, -0.1) is 0 Å². The van der Waals surface area contributed by atoms with Crippen LogP contribution < -0.4 is 0 Å². The zero-order valence-corrected chi connectivity index (χ0v) is 22.2. The number of aryl methyl sites for hydroxylation is 2. The van der Waals surface area contributed by atoms with Crippen molar-refractivity contribution < 1.29 is 13.9 Å². The largest absolute Gasteiger partial charge is 0.465 e. The van der Waals surface area contributed by atoms with Crippen molar-refractivity contribution in [2.24, 2.45) is 0 Å². The van der Waals surface area contributed by atoms with Crippen LogP contribution in [-0.2, 0) is 4.74 Å². The quantitative estimate of drug-likeness (QED) is 0.401. The summed E-state index contributed by atoms with van der Waals surface area (Å²) in [6.07, 6.45) is 6.83. The number of halogens is 2. The van der Waals surface area contributed by atoms with Crippen LogP contribution >= 0.6 is 15.9 Å². The fraction of sp³-hybridized carbons (Fsp3) is 0.407. The molecule has 3 rings (SSSR count). The van der Waals surface area contributed by atoms with Crippen molar-refractivity contribution in [2.45, 2.75) is 54.0 Å². The fourth-order valence-electron chi connectivity index (χ4n) is 4.01. The summed E-state index contributed by atoms with van der Waals surface area (Å²) in [5, 5.41) is 0. The molecule has 1 aliphatic heterocycles. The molecule has 0 saturated carbocycles. The number of pyridine rings is 1. The Labute approximate surface area is 205 Å². The molecule has 6 heteroatoms. The Morgan fingerprint density at radius 3 is 2.55 bits per heavy atom. The van der Waals surface area contributed by atoms with Crippen molar-refractivity contribution in [1.29, 1.82) is 0 Å². The van der Waals surface area contributed by atoms with Gasteiger partial charge in [0, 0.05) is 46.6 Å². The van der Waals surface area contributed by atoms with E-state index in [9.17, 15) is 9.18 Å². The molecule has 1 aromatic carbocycles. The normalized spacial score (nSPS) is 15.3. The first kappa shape index (κ1) is 26.9. The van der Waals surface area contributed by atoms with Gasteiger partial charge in [-0.25, -0.2) is 9.18 Å². The first-order valence-corrected chi connectivity index (χ1v) is 12.1. The van der Waals surface area contributed by atoms with Crippen molar-refractivity contribution in [3.63, 3.8) is 0 Å². The maximum Gasteiger partial charge on any atom is 0.337 e. The third-order valence-electron chi connectivity index (χ3n) is 5.99. The van der Waals surface area contributed by atoms with E-state index in [1.165, 1.54) is 18.7 Å². The van der Waals surface area contributed by atoms with Gasteiger partial charge in [0.15, 0.2) is 0 Å². The molecule has 0 aliphatic carbocycles. The third-order valence-corrected chi connectivity index (χ3v) is 6.68. The van der Waals surface area contributed by atoms with Gasteiger partial charge in [-0.3, -0.25) is 9.88 Å². The topological polar surface area (TPSA) is 42.4 Å². The lowest BCUT2D eigenvalue weighted by Gasteiger charge is -2.33. The fourth-order valence-corrected chi connectivity index (χ4v) is 4.53. The first-order chi connectivity index (χ1) is 15.7. The number of carbonyl (C=O) groups is 1. The van der Waals surface area contributed by atoms with Crippen LogP contribution in [0, 0.1) is 19.7 Å². The second kappa shape index (κ2) is 12.2. The van der Waals surface area contributed by atoms with Crippen molar-refractivity contribution in [2.75, 3.05) is 20.2 Å². The Morgan fingerprint density at radius 1 is 1.30 bits per heavy atom. The highest BCUT2D eigenvalue weighted by molar-refractivity contribution is 9.10. The summed E-state index contributed by atoms with van der Waals surface area (Å²) in [4.78, 5) is 18.5. The van der Waals surface area contributed by atoms with E-state index in [2.05, 4.69) is 51.8 Å². The molecule has 1 aliphatic rings. The summed E-state index contributed by atoms with van der Waals surface area (Å²) < 4.78 is 20.6. The van der Waals surface area contributed by atoms with E-state index in [0.29, 0.717) is 5.56 Å². The summed E-state index contributed by atoms with van der Waals surface area (Å²) in [6, 6.07) is 5.16. The number of carbonyl (C=O) groups excluding carboxylic acids is 1. The number of rotatable bonds is 5. The maximum absolute atomic E-state index is 14.8. The molecule has 1 aromatic heterocycles. The van der Waals surface area contributed by atoms with E-state index in [0.717, 1.165) is 46.4 Å². The van der Waals surface area contributed by atoms with E-state index in [1.807, 2.05) is 33.8 Å². The number of aromatic nitrogens is 1. The Morgan fingerprint density at radius 2 is 2.00 bits per heavy atom. The van der Waals surface area contributed by atoms with Crippen LogP contribution in [0.25, 0.3) is 11.6 Å². The molecule has 0 bridgehead atoms. The van der Waals surface area contributed by atoms with Crippen LogP contribution in [-0.4, -0.2) is 42.1 Å². The Balaban J connectivity index is 0.00000187. The lowest BCUT2D eigenvalue weighted by Crippen LogP contribution is -2.37. The van der Waals surface area contributed by atoms with Crippen LogP contribution in [0.5, 0.6) is 0 Å². The zero-order chi connectivity index (χ0) is 24.7. The van der Waals surface area contributed by atoms with Crippen molar-refractivity contribution >= 4 is 33.5 Å². The predicted octanol–water partition coefficient (Wildman–Crippen LogP) is 6.99. The van der Waals surface area contributed by atoms with Crippen molar-refractivity contribution in [3.05, 3.63) is 74.3 Å². The summed E-state index contributed by atoms with van der Waals surface area (Å²) in [6.45, 7) is 13.8. The molecular weight excluding hydrogens is 483 g/mol. The lowest BCUT2D eigenvalue weighted by molar-refractivity contribution is 0.0600. The number of methoxy groups -OCH3 is 1. The maximum atomic E-state index is 14.8. The van der Waals surface area contributed by atoms with Gasteiger partial charge in [-0.2, -0.15) is 0 Å². The molecule has 0 radical (unpaired) electrons. The average Bonchev–Trinajstić information content (AvgIpc) is 2.81. The molecule has 0 saturated heterocycles. The molecule has 0 fully saturated rings. The molecule has 0 amide bonds. The van der Waals surface area contributed by atoms with E-state index >= 15 is 0 Å². The number of hydrogen-bond donors (Lipinski definition) is 0. The minimum absolute atomic E-state index is 0.241. The molecule has 4 nitrogen and oxygen atoms in total. The van der Waals surface area contributed by atoms with Gasteiger partial charge in [-0.05, 0) is 63.5 Å². The summed E-state index contributed by atoms with van der Waals surface area (Å²) in [7, 11) is 1.30. The summed E-state index contributed by atoms with van der Waals surface area (Å²) in [5.41, 5.74) is 5.92. The standard InChI is InChI=1S/C25H28BrFN2O2.C2H6/c1-15(13-21-17(3)28-9-6-22(21)26)18(4)29-10-7-19(8-11-29)24-16(2)12-20(14-23(24)27)25(30)31-5;1-2/h6-7,9,12-14,18H,8,10-11H2,1-5H3;1-2H3/b15-13+;. The van der Waals surface area contributed by atoms with Crippen LogP contribution in [0.2, 0.25) is 0 Å². The highest BCUT2D eigenvalue weighted by atomic mass is 79.9. The molecule has 2 heterocycles. The lowest BCUT2D eigenvalue weighted by atomic mass is 9.92. The number of esters is 1. The van der Waals surface area contributed by atoms with Crippen LogP contribution in [0.15, 0.2) is 40.5 Å². The molecular formula is C27H34BrFN2O2. The molecule has 1 unspecified atom stereocenters. The van der Waals surface area contributed by atoms with Crippen LogP contribution in [0.4, 0.5) is 4.39 Å². The van der Waals surface area contributed by atoms with Crippen molar-refractivity contribution in [3.8, 4) is 0 Å². The Kier molecular flexibility index (Phi) is 9.99. The van der Waals surface area contributed by atoms with Gasteiger partial charge >= 0.3 is 5.97 Å². The van der Waals surface area contributed by atoms with Gasteiger partial charge < -0.3 is 4.74 Å². The molecule has 33 heavy (non-hydrogen) atoms. The second-order valence-electron chi connectivity index (χ2n) is 7.97. The van der Waals surface area contributed by atoms with Crippen molar-refractivity contribution in [1.82, 2.24) is 9.88 Å². The molecule has 2 aromatic rings. The molecule has 178 valence electrons. The number of ether oxygens (including phenoxy) is 1. The predicted molar refractivity (Wildman–Crippen MR) is 138 cm³/mol. The smallest absolute Gasteiger partial charge is 0.337 e. The average molecular weight is 517 g/mol. The minimum Gasteiger partial charge on any atom is -0.465 e. The highest BCUT2D eigenvalue weighted by Gasteiger charge is 2.22. The Hall–Kier alpha value is -2.31. The minimum atomic E-state index is -0.524. The van der Waals surface area contributed by atoms with Gasteiger partial charge in [0.2, 0.25) is 0 Å². The van der Waals surface area contributed by atoms with E-state index in [-0.39, 0.29) is 17.4 Å². The molecule has 0 N–H and O–H groups in total. The number of nitrogens with zero attached hydrogens (tertiary/aromatic N) is 2. The number of benzene rings is 1. The van der Waals surface area contributed by atoms with Crippen LogP contribution in [0.3, 0.4) is 0 Å². The molecule has 0 spiro atoms. The van der Waals surface area contributed by atoms with E-state index in [1.54, 1.807) is 12.3 Å². The SMILES string of the molecule is CC.COC(=O)c1cc(C)c(C2=CCN(C(C)/C(C)=C/c3c(Br)ccnc3C)CC2)c(F)c1. The highest BCUT2D eigenvalue weighted by Crippen LogP contribution is 2.31. The Bertz CT molecular complexity index is 1020. The van der Waals surface area contributed by atoms with Gasteiger partial charge in [0.05, 0.1) is 12.7 Å². The van der Waals surface area contributed by atoms with Gasteiger partial charge in [-0.1, -0.05) is 47.5 Å². The third kappa shape index (κ3) is 6.39. The van der Waals surface area contributed by atoms with E-state index < -0.39 is 5.97 Å². The molecule has 1 atom stereocenters. The van der Waals surface area contributed by atoms with E-state index in [4.69, 9.17) is 4.74 Å². The first-order valence-electron chi connectivity index (χ1n) is 11.3. The summed E-state index contributed by atoms with van der Waals surface area (Å²) >= 11 is 3.61. The monoisotopic (exact) mass is 516 g/mol. The number of hydrogen-bond acceptors (Lipinski definition) is 4. The zero-order valence-electron chi connectivity index (χ0n) is 20.6. The second-order valence-corrected chi connectivity index (χ2v) is 8.83. The van der Waals surface area contributed by atoms with Gasteiger partial charge in [0.25, 0.3) is 0 Å². The summed E-state index contributed by atoms with van der Waals surface area (Å²) in [5.74, 6) is -0.898. The van der Waals surface area contributed by atoms with Gasteiger partial charge in [0.1, 0.15) is 5.82 Å². The van der Waals surface area contributed by atoms with Crippen LogP contribution in [0.1, 0.15) is 66.9 Å².